The molecular formula is C30H46N4O5S. The summed E-state index contributed by atoms with van der Waals surface area (Å²) in [6, 6.07) is 9.37. The van der Waals surface area contributed by atoms with Crippen LogP contribution in [0, 0.1) is 0 Å². The van der Waals surface area contributed by atoms with E-state index < -0.39 is 10.2 Å². The zero-order valence-electron chi connectivity index (χ0n) is 24.2. The fraction of sp³-hybridized carbons (Fsp3) is 0.767. The molecule has 9 nitrogen and oxygen atoms in total. The second kappa shape index (κ2) is 11.5. The van der Waals surface area contributed by atoms with Crippen LogP contribution < -0.4 is 0 Å². The van der Waals surface area contributed by atoms with Crippen molar-refractivity contribution < 1.29 is 22.7 Å². The van der Waals surface area contributed by atoms with Gasteiger partial charge in [0.05, 0.1) is 13.2 Å². The third-order valence-electron chi connectivity index (χ3n) is 10.3. The monoisotopic (exact) mass is 574 g/mol. The van der Waals surface area contributed by atoms with E-state index in [1.165, 1.54) is 22.7 Å². The number of nitrogens with zero attached hydrogens (tertiary/aromatic N) is 4. The first-order valence-electron chi connectivity index (χ1n) is 15.3. The van der Waals surface area contributed by atoms with Crippen molar-refractivity contribution in [3.63, 3.8) is 0 Å². The Morgan fingerprint density at radius 1 is 1.00 bits per heavy atom. The van der Waals surface area contributed by atoms with Crippen molar-refractivity contribution in [1.82, 2.24) is 18.4 Å². The lowest BCUT2D eigenvalue weighted by Gasteiger charge is -2.50. The van der Waals surface area contributed by atoms with Gasteiger partial charge in [0, 0.05) is 57.1 Å². The minimum Gasteiger partial charge on any atom is -0.444 e. The van der Waals surface area contributed by atoms with Gasteiger partial charge in [0.1, 0.15) is 6.10 Å². The highest BCUT2D eigenvalue weighted by molar-refractivity contribution is 7.86. The van der Waals surface area contributed by atoms with Gasteiger partial charge >= 0.3 is 6.09 Å². The summed E-state index contributed by atoms with van der Waals surface area (Å²) in [5.41, 5.74) is 2.30. The Hall–Kier alpha value is -1.72. The molecule has 3 unspecified atom stereocenters. The summed E-state index contributed by atoms with van der Waals surface area (Å²) < 4.78 is 40.8. The number of hydrogen-bond donors (Lipinski definition) is 0. The number of ether oxygens (including phenoxy) is 2. The van der Waals surface area contributed by atoms with Gasteiger partial charge in [-0.3, -0.25) is 0 Å². The lowest BCUT2D eigenvalue weighted by molar-refractivity contribution is 0.0294. The average molecular weight is 575 g/mol. The predicted molar refractivity (Wildman–Crippen MR) is 153 cm³/mol. The molecule has 40 heavy (non-hydrogen) atoms. The van der Waals surface area contributed by atoms with Gasteiger partial charge in [-0.25, -0.2) is 4.79 Å². The molecule has 4 atom stereocenters. The first-order valence-corrected chi connectivity index (χ1v) is 16.7. The molecule has 0 radical (unpaired) electrons. The number of amides is 1. The maximum absolute atomic E-state index is 13.4. The summed E-state index contributed by atoms with van der Waals surface area (Å²) in [5.74, 6) is 0. The molecule has 2 bridgehead atoms. The van der Waals surface area contributed by atoms with Gasteiger partial charge in [0.15, 0.2) is 0 Å². The lowest BCUT2D eigenvalue weighted by atomic mass is 9.69. The zero-order chi connectivity index (χ0) is 27.9. The predicted octanol–water partition coefficient (Wildman–Crippen LogP) is 3.73. The topological polar surface area (TPSA) is 82.6 Å². The molecule has 4 fully saturated rings. The molecular weight excluding hydrogens is 528 g/mol. The van der Waals surface area contributed by atoms with Gasteiger partial charge < -0.3 is 19.3 Å². The fourth-order valence-corrected chi connectivity index (χ4v) is 9.26. The standard InChI is InChI=1S/C30H46N4O5S/c1-31(2)40(36,37)33-20-23-7-3-6-10-28(23)30(22-33)14-16-32(17-15-30)25-12-11-24-8-4-5-9-26(19-25)34(24)29(35)39-27-13-18-38-21-27/h3,6-7,10,24-27H,4-5,8-9,11-22H2,1-2H3/t24?,25?,26?,27-/m0/s1. The molecule has 0 aromatic heterocycles. The number of hydrogen-bond acceptors (Lipinski definition) is 6. The highest BCUT2D eigenvalue weighted by Gasteiger charge is 2.47. The molecule has 1 aromatic rings. The molecule has 1 amide bonds. The normalized spacial score (nSPS) is 31.5. The third-order valence-corrected chi connectivity index (χ3v) is 12.2. The number of benzene rings is 1. The lowest BCUT2D eigenvalue weighted by Crippen LogP contribution is -2.56. The molecule has 10 heteroatoms. The van der Waals surface area contributed by atoms with E-state index in [9.17, 15) is 13.2 Å². The van der Waals surface area contributed by atoms with Crippen molar-refractivity contribution in [2.45, 2.75) is 100 Å². The summed E-state index contributed by atoms with van der Waals surface area (Å²) in [5, 5.41) is 0. The largest absolute Gasteiger partial charge is 0.444 e. The number of piperidine rings is 1. The average Bonchev–Trinajstić information content (AvgIpc) is 3.29. The minimum absolute atomic E-state index is 0.110. The quantitative estimate of drug-likeness (QED) is 0.545. The number of likely N-dealkylation sites (tertiary alicyclic amines) is 1. The first kappa shape index (κ1) is 28.4. The fourth-order valence-electron chi connectivity index (χ4n) is 8.09. The van der Waals surface area contributed by atoms with Gasteiger partial charge in [0.2, 0.25) is 0 Å². The highest BCUT2D eigenvalue weighted by Crippen LogP contribution is 2.44. The summed E-state index contributed by atoms with van der Waals surface area (Å²) in [6.07, 6.45) is 10.0. The van der Waals surface area contributed by atoms with Crippen LogP contribution in [0.1, 0.15) is 75.3 Å². The molecule has 1 spiro atoms. The Morgan fingerprint density at radius 2 is 1.73 bits per heavy atom. The van der Waals surface area contributed by atoms with Crippen LogP contribution in [0.5, 0.6) is 0 Å². The molecule has 1 aromatic carbocycles. The SMILES string of the molecule is CN(C)S(=O)(=O)N1Cc2ccccc2C2(CCN(C3CCC4CCCCC(C3)N4C(=O)O[C@H]3CCOC3)CC2)C1. The molecule has 5 heterocycles. The number of fused-ring (bicyclic) bond motifs is 4. The van der Waals surface area contributed by atoms with Crippen molar-refractivity contribution >= 4 is 16.3 Å². The van der Waals surface area contributed by atoms with Crippen molar-refractivity contribution in [2.75, 3.05) is 46.9 Å². The number of carbonyl (C=O) groups is 1. The van der Waals surface area contributed by atoms with Crippen molar-refractivity contribution in [3.05, 3.63) is 35.4 Å². The van der Waals surface area contributed by atoms with E-state index in [0.29, 0.717) is 32.3 Å². The molecule has 5 aliphatic heterocycles. The molecule has 0 saturated carbocycles. The van der Waals surface area contributed by atoms with E-state index in [1.54, 1.807) is 18.4 Å². The molecule has 6 rings (SSSR count). The van der Waals surface area contributed by atoms with Crippen molar-refractivity contribution in [2.24, 2.45) is 0 Å². The molecule has 5 aliphatic rings. The van der Waals surface area contributed by atoms with Gasteiger partial charge in [-0.2, -0.15) is 17.0 Å². The zero-order valence-corrected chi connectivity index (χ0v) is 25.0. The third kappa shape index (κ3) is 5.42. The Morgan fingerprint density at radius 3 is 2.45 bits per heavy atom. The van der Waals surface area contributed by atoms with E-state index in [1.807, 2.05) is 6.07 Å². The summed E-state index contributed by atoms with van der Waals surface area (Å²) in [4.78, 5) is 18.2. The Kier molecular flexibility index (Phi) is 8.18. The smallest absolute Gasteiger partial charge is 0.410 e. The van der Waals surface area contributed by atoms with Crippen LogP contribution in [0.4, 0.5) is 4.79 Å². The van der Waals surface area contributed by atoms with E-state index in [2.05, 4.69) is 28.0 Å². The maximum atomic E-state index is 13.4. The van der Waals surface area contributed by atoms with Crippen LogP contribution in [0.3, 0.4) is 0 Å². The second-order valence-corrected chi connectivity index (χ2v) is 15.0. The van der Waals surface area contributed by atoms with Crippen LogP contribution in [-0.4, -0.2) is 104 Å². The first-order chi connectivity index (χ1) is 19.3. The van der Waals surface area contributed by atoms with Crippen LogP contribution in [0.15, 0.2) is 24.3 Å². The van der Waals surface area contributed by atoms with E-state index in [-0.39, 0.29) is 29.7 Å². The van der Waals surface area contributed by atoms with E-state index in [4.69, 9.17) is 9.47 Å². The highest BCUT2D eigenvalue weighted by atomic mass is 32.2. The molecule has 222 valence electrons. The van der Waals surface area contributed by atoms with Crippen LogP contribution in [-0.2, 0) is 31.6 Å². The number of carbonyl (C=O) groups excluding carboxylic acids is 1. The van der Waals surface area contributed by atoms with E-state index >= 15 is 0 Å². The molecule has 4 saturated heterocycles. The Balaban J connectivity index is 1.17. The van der Waals surface area contributed by atoms with Gasteiger partial charge in [-0.15, -0.1) is 0 Å². The molecule has 0 aliphatic carbocycles. The van der Waals surface area contributed by atoms with Crippen LogP contribution >= 0.6 is 0 Å². The summed E-state index contributed by atoms with van der Waals surface area (Å²) >= 11 is 0. The summed E-state index contributed by atoms with van der Waals surface area (Å²) in [7, 11) is -0.255. The van der Waals surface area contributed by atoms with Crippen LogP contribution in [0.2, 0.25) is 0 Å². The van der Waals surface area contributed by atoms with Gasteiger partial charge in [-0.05, 0) is 69.2 Å². The summed E-state index contributed by atoms with van der Waals surface area (Å²) in [6.45, 7) is 4.08. The van der Waals surface area contributed by atoms with E-state index in [0.717, 1.165) is 70.0 Å². The van der Waals surface area contributed by atoms with Crippen LogP contribution in [0.25, 0.3) is 0 Å². The van der Waals surface area contributed by atoms with Crippen molar-refractivity contribution in [3.8, 4) is 0 Å². The Labute approximate surface area is 239 Å². The number of rotatable bonds is 4. The molecule has 0 N–H and O–H groups in total. The Bertz CT molecular complexity index is 1160. The second-order valence-electron chi connectivity index (χ2n) is 12.9. The maximum Gasteiger partial charge on any atom is 0.410 e. The van der Waals surface area contributed by atoms with Gasteiger partial charge in [-0.1, -0.05) is 37.1 Å². The van der Waals surface area contributed by atoms with Crippen molar-refractivity contribution in [1.29, 1.82) is 0 Å². The van der Waals surface area contributed by atoms with Gasteiger partial charge in [0.25, 0.3) is 10.2 Å². The minimum atomic E-state index is -3.50.